The zero-order valence-corrected chi connectivity index (χ0v) is 19.4. The number of aliphatic hydroxyl groups is 1. The molecule has 4 atom stereocenters. The molecule has 1 saturated carbocycles. The molecular weight excluding hydrogens is 390 g/mol. The number of rotatable bonds is 4. The molecule has 0 saturated heterocycles. The second-order valence-corrected chi connectivity index (χ2v) is 10.7. The lowest BCUT2D eigenvalue weighted by molar-refractivity contribution is 0.0219. The first-order chi connectivity index (χ1) is 14.7. The van der Waals surface area contributed by atoms with E-state index in [9.17, 15) is 5.11 Å². The molecule has 0 bridgehead atoms. The van der Waals surface area contributed by atoms with Crippen LogP contribution in [0.4, 0.5) is 0 Å². The van der Waals surface area contributed by atoms with Crippen LogP contribution in [0.25, 0.3) is 0 Å². The summed E-state index contributed by atoms with van der Waals surface area (Å²) in [5, 5.41) is 11.3. The largest absolute Gasteiger partial charge is 0.493 e. The smallest absolute Gasteiger partial charge is 0.231 e. The van der Waals surface area contributed by atoms with Crippen LogP contribution >= 0.6 is 0 Å². The summed E-state index contributed by atoms with van der Waals surface area (Å²) >= 11 is 0. The molecule has 5 nitrogen and oxygen atoms in total. The summed E-state index contributed by atoms with van der Waals surface area (Å²) in [5.41, 5.74) is 4.09. The standard InChI is InChI=1S/C26H35NO4/c1-16(11-17-12-20(29-5)23-21(13-17)30-15-31-23)27-14-19-18(24(27)28)7-8-22-25(2,3)9-6-10-26(19,22)4/h7,12-14,16,22,24,28H,6,8-11,15H2,1-5H3/t16?,22?,24?,26-/m1/s1. The maximum atomic E-state index is 11.3. The van der Waals surface area contributed by atoms with Crippen LogP contribution in [-0.4, -0.2) is 36.2 Å². The summed E-state index contributed by atoms with van der Waals surface area (Å²) < 4.78 is 16.6. The van der Waals surface area contributed by atoms with Gasteiger partial charge in [-0.05, 0) is 72.6 Å². The predicted molar refractivity (Wildman–Crippen MR) is 120 cm³/mol. The van der Waals surface area contributed by atoms with E-state index in [-0.39, 0.29) is 18.2 Å². The number of aliphatic hydroxyl groups excluding tert-OH is 1. The molecule has 2 aliphatic carbocycles. The minimum absolute atomic E-state index is 0.137. The van der Waals surface area contributed by atoms with Crippen LogP contribution in [0.5, 0.6) is 17.2 Å². The van der Waals surface area contributed by atoms with Crippen molar-refractivity contribution in [3.63, 3.8) is 0 Å². The van der Waals surface area contributed by atoms with Crippen molar-refractivity contribution in [2.75, 3.05) is 13.9 Å². The number of methoxy groups -OCH3 is 1. The molecule has 4 aliphatic rings. The van der Waals surface area contributed by atoms with E-state index in [1.165, 1.54) is 24.8 Å². The minimum atomic E-state index is -0.566. The molecule has 31 heavy (non-hydrogen) atoms. The van der Waals surface area contributed by atoms with Gasteiger partial charge in [-0.15, -0.1) is 0 Å². The van der Waals surface area contributed by atoms with Gasteiger partial charge in [0.05, 0.1) is 7.11 Å². The first-order valence-corrected chi connectivity index (χ1v) is 11.6. The van der Waals surface area contributed by atoms with E-state index in [0.717, 1.165) is 29.7 Å². The van der Waals surface area contributed by atoms with Gasteiger partial charge in [0.2, 0.25) is 12.5 Å². The van der Waals surface area contributed by atoms with Crippen LogP contribution < -0.4 is 14.2 Å². The molecule has 3 unspecified atom stereocenters. The Balaban J connectivity index is 1.42. The van der Waals surface area contributed by atoms with Gasteiger partial charge in [0, 0.05) is 17.8 Å². The molecule has 5 rings (SSSR count). The Morgan fingerprint density at radius 3 is 2.81 bits per heavy atom. The number of hydrogen-bond donors (Lipinski definition) is 1. The maximum absolute atomic E-state index is 11.3. The Morgan fingerprint density at radius 1 is 1.23 bits per heavy atom. The number of fused-ring (bicyclic) bond motifs is 4. The van der Waals surface area contributed by atoms with E-state index >= 15 is 0 Å². The van der Waals surface area contributed by atoms with Crippen molar-refractivity contribution in [1.29, 1.82) is 0 Å². The summed E-state index contributed by atoms with van der Waals surface area (Å²) in [6.07, 6.45) is 9.61. The molecule has 1 aromatic carbocycles. The quantitative estimate of drug-likeness (QED) is 0.733. The second-order valence-electron chi connectivity index (χ2n) is 10.7. The van der Waals surface area contributed by atoms with Crippen LogP contribution in [0.1, 0.15) is 58.9 Å². The molecule has 5 heteroatoms. The number of allylic oxidation sites excluding steroid dienone is 1. The van der Waals surface area contributed by atoms with Crippen LogP contribution in [0, 0.1) is 16.7 Å². The summed E-state index contributed by atoms with van der Waals surface area (Å²) in [6.45, 7) is 9.69. The first-order valence-electron chi connectivity index (χ1n) is 11.6. The SMILES string of the molecule is COc1cc(CC(C)N2C=C3C(=CCC4C(C)(C)CCC[C@]34C)C2O)cc2c1OCO2. The third-order valence-corrected chi connectivity index (χ3v) is 8.33. The average Bonchev–Trinajstić information content (AvgIpc) is 3.32. The molecular formula is C26H35NO4. The molecule has 2 aliphatic heterocycles. The average molecular weight is 426 g/mol. The van der Waals surface area contributed by atoms with Crippen LogP contribution in [0.2, 0.25) is 0 Å². The number of ether oxygens (including phenoxy) is 3. The lowest BCUT2D eigenvalue weighted by Crippen LogP contribution is -2.45. The highest BCUT2D eigenvalue weighted by molar-refractivity contribution is 5.55. The van der Waals surface area contributed by atoms with E-state index in [1.807, 2.05) is 12.1 Å². The summed E-state index contributed by atoms with van der Waals surface area (Å²) in [5.74, 6) is 2.74. The van der Waals surface area contributed by atoms with Gasteiger partial charge in [0.1, 0.15) is 0 Å². The van der Waals surface area contributed by atoms with E-state index in [0.29, 0.717) is 22.8 Å². The van der Waals surface area contributed by atoms with Crippen LogP contribution in [0.15, 0.2) is 35.6 Å². The minimum Gasteiger partial charge on any atom is -0.493 e. The van der Waals surface area contributed by atoms with Crippen molar-refractivity contribution < 1.29 is 19.3 Å². The molecule has 0 radical (unpaired) electrons. The maximum Gasteiger partial charge on any atom is 0.231 e. The fourth-order valence-electron chi connectivity index (χ4n) is 6.67. The van der Waals surface area contributed by atoms with Crippen molar-refractivity contribution in [1.82, 2.24) is 4.90 Å². The van der Waals surface area contributed by atoms with Gasteiger partial charge in [-0.1, -0.05) is 33.3 Å². The van der Waals surface area contributed by atoms with Gasteiger partial charge in [-0.25, -0.2) is 0 Å². The topological polar surface area (TPSA) is 51.2 Å². The highest BCUT2D eigenvalue weighted by atomic mass is 16.7. The lowest BCUT2D eigenvalue weighted by atomic mass is 9.51. The van der Waals surface area contributed by atoms with Gasteiger partial charge >= 0.3 is 0 Å². The monoisotopic (exact) mass is 425 g/mol. The highest BCUT2D eigenvalue weighted by Crippen LogP contribution is 2.61. The van der Waals surface area contributed by atoms with Gasteiger partial charge in [0.15, 0.2) is 17.7 Å². The van der Waals surface area contributed by atoms with Gasteiger partial charge in [0.25, 0.3) is 0 Å². The Morgan fingerprint density at radius 2 is 2.03 bits per heavy atom. The molecule has 0 spiro atoms. The highest BCUT2D eigenvalue weighted by Gasteiger charge is 2.53. The number of benzene rings is 1. The molecule has 0 amide bonds. The first kappa shape index (κ1) is 20.7. The molecule has 1 N–H and O–H groups in total. The second kappa shape index (κ2) is 7.19. The lowest BCUT2D eigenvalue weighted by Gasteiger charge is -2.53. The van der Waals surface area contributed by atoms with Crippen LogP contribution in [0.3, 0.4) is 0 Å². The van der Waals surface area contributed by atoms with Gasteiger partial charge in [-0.3, -0.25) is 0 Å². The van der Waals surface area contributed by atoms with Gasteiger partial charge in [-0.2, -0.15) is 0 Å². The summed E-state index contributed by atoms with van der Waals surface area (Å²) in [4.78, 5) is 2.15. The Labute approximate surface area is 185 Å². The third-order valence-electron chi connectivity index (χ3n) is 8.33. The van der Waals surface area contributed by atoms with Gasteiger partial charge < -0.3 is 24.2 Å². The van der Waals surface area contributed by atoms with Crippen molar-refractivity contribution >= 4 is 0 Å². The Hall–Kier alpha value is -2.14. The Kier molecular flexibility index (Phi) is 4.81. The zero-order chi connectivity index (χ0) is 22.0. The van der Waals surface area contributed by atoms with E-state index < -0.39 is 6.23 Å². The zero-order valence-electron chi connectivity index (χ0n) is 19.4. The van der Waals surface area contributed by atoms with Crippen molar-refractivity contribution in [3.05, 3.63) is 41.1 Å². The predicted octanol–water partition coefficient (Wildman–Crippen LogP) is 5.04. The fraction of sp³-hybridized carbons (Fsp3) is 0.615. The number of hydrogen-bond acceptors (Lipinski definition) is 5. The fourth-order valence-corrected chi connectivity index (χ4v) is 6.67. The van der Waals surface area contributed by atoms with Crippen molar-refractivity contribution in [2.45, 2.75) is 72.1 Å². The molecule has 2 heterocycles. The molecule has 0 aromatic heterocycles. The van der Waals surface area contributed by atoms with Crippen molar-refractivity contribution in [2.24, 2.45) is 16.7 Å². The van der Waals surface area contributed by atoms with Crippen molar-refractivity contribution in [3.8, 4) is 17.2 Å². The Bertz CT molecular complexity index is 949. The van der Waals surface area contributed by atoms with Crippen LogP contribution in [-0.2, 0) is 6.42 Å². The molecule has 1 fully saturated rings. The van der Waals surface area contributed by atoms with E-state index in [1.54, 1.807) is 7.11 Å². The van der Waals surface area contributed by atoms with E-state index in [4.69, 9.17) is 14.2 Å². The molecule has 168 valence electrons. The normalized spacial score (nSPS) is 31.5. The van der Waals surface area contributed by atoms with E-state index in [2.05, 4.69) is 44.9 Å². The molecule has 1 aromatic rings. The third kappa shape index (κ3) is 3.15. The summed E-state index contributed by atoms with van der Waals surface area (Å²) in [7, 11) is 1.65. The summed E-state index contributed by atoms with van der Waals surface area (Å²) in [6, 6.07) is 4.19. The number of nitrogens with zero attached hydrogens (tertiary/aromatic N) is 1.